The molecule has 1 aliphatic rings. The van der Waals surface area contributed by atoms with Crippen molar-refractivity contribution in [1.29, 1.82) is 0 Å². The zero-order valence-electron chi connectivity index (χ0n) is 14.9. The van der Waals surface area contributed by atoms with E-state index < -0.39 is 0 Å². The normalized spacial score (nSPS) is 16.5. The highest BCUT2D eigenvalue weighted by Gasteiger charge is 2.18. The van der Waals surface area contributed by atoms with Crippen LogP contribution in [0.1, 0.15) is 69.4 Å². The second-order valence-electron chi connectivity index (χ2n) is 6.65. The number of benzene rings is 1. The Balaban J connectivity index is 0.00000264. The molecule has 0 amide bonds. The highest BCUT2D eigenvalue weighted by atomic mass is 35.5. The fourth-order valence-electron chi connectivity index (χ4n) is 3.42. The number of hydrogen-bond donors (Lipinski definition) is 1. The van der Waals surface area contributed by atoms with E-state index in [0.29, 0.717) is 6.04 Å². The van der Waals surface area contributed by atoms with Gasteiger partial charge in [0, 0.05) is 6.04 Å². The number of rotatable bonds is 10. The van der Waals surface area contributed by atoms with E-state index in [1.165, 1.54) is 81.9 Å². The molecule has 1 aromatic rings. The molecule has 0 bridgehead atoms. The molecule has 23 heavy (non-hydrogen) atoms. The van der Waals surface area contributed by atoms with Gasteiger partial charge in [0.1, 0.15) is 5.75 Å². The molecule has 0 saturated heterocycles. The number of ether oxygens (including phenoxy) is 1. The fourth-order valence-corrected chi connectivity index (χ4v) is 3.42. The van der Waals surface area contributed by atoms with Crippen LogP contribution in [-0.4, -0.2) is 19.7 Å². The van der Waals surface area contributed by atoms with Crippen molar-refractivity contribution < 1.29 is 4.74 Å². The molecular formula is C20H34ClNO. The van der Waals surface area contributed by atoms with Gasteiger partial charge in [0.15, 0.2) is 0 Å². The number of halogens is 1. The summed E-state index contributed by atoms with van der Waals surface area (Å²) in [7, 11) is 1.75. The Morgan fingerprint density at radius 2 is 1.78 bits per heavy atom. The van der Waals surface area contributed by atoms with Crippen LogP contribution in [0.4, 0.5) is 0 Å². The molecule has 132 valence electrons. The lowest BCUT2D eigenvalue weighted by Gasteiger charge is -2.26. The molecule has 0 fully saturated rings. The zero-order valence-corrected chi connectivity index (χ0v) is 15.7. The summed E-state index contributed by atoms with van der Waals surface area (Å²) < 4.78 is 5.32. The van der Waals surface area contributed by atoms with E-state index in [2.05, 4.69) is 30.4 Å². The highest BCUT2D eigenvalue weighted by Crippen LogP contribution is 2.25. The average molecular weight is 340 g/mol. The number of aryl methyl sites for hydroxylation is 1. The van der Waals surface area contributed by atoms with E-state index in [1.807, 2.05) is 0 Å². The number of unbranched alkanes of at least 4 members (excludes halogenated alkanes) is 6. The van der Waals surface area contributed by atoms with E-state index >= 15 is 0 Å². The summed E-state index contributed by atoms with van der Waals surface area (Å²) in [5.74, 6) is 0.994. The third-order valence-corrected chi connectivity index (χ3v) is 4.86. The van der Waals surface area contributed by atoms with Gasteiger partial charge in [-0.25, -0.2) is 0 Å². The third-order valence-electron chi connectivity index (χ3n) is 4.86. The van der Waals surface area contributed by atoms with E-state index in [4.69, 9.17) is 4.74 Å². The molecule has 2 rings (SSSR count). The molecule has 1 unspecified atom stereocenters. The van der Waals surface area contributed by atoms with Crippen LogP contribution in [0.15, 0.2) is 18.2 Å². The minimum Gasteiger partial charge on any atom is -0.497 e. The number of methoxy groups -OCH3 is 1. The van der Waals surface area contributed by atoms with Gasteiger partial charge in [0.05, 0.1) is 7.11 Å². The van der Waals surface area contributed by atoms with E-state index in [9.17, 15) is 0 Å². The van der Waals surface area contributed by atoms with Crippen molar-refractivity contribution in [1.82, 2.24) is 5.32 Å². The molecule has 0 heterocycles. The van der Waals surface area contributed by atoms with Crippen LogP contribution in [0.5, 0.6) is 5.75 Å². The summed E-state index contributed by atoms with van der Waals surface area (Å²) in [6.45, 7) is 3.46. The molecule has 0 saturated carbocycles. The molecule has 1 atom stereocenters. The Morgan fingerprint density at radius 1 is 1.04 bits per heavy atom. The fraction of sp³-hybridized carbons (Fsp3) is 0.700. The largest absolute Gasteiger partial charge is 0.497 e. The van der Waals surface area contributed by atoms with Gasteiger partial charge in [-0.3, -0.25) is 0 Å². The lowest BCUT2D eigenvalue weighted by molar-refractivity contribution is 0.411. The number of nitrogens with one attached hydrogen (secondary N) is 1. The van der Waals surface area contributed by atoms with Gasteiger partial charge in [0.2, 0.25) is 0 Å². The van der Waals surface area contributed by atoms with Crippen molar-refractivity contribution in [3.05, 3.63) is 29.3 Å². The molecule has 0 aliphatic heterocycles. The first-order chi connectivity index (χ1) is 10.8. The second kappa shape index (κ2) is 11.8. The monoisotopic (exact) mass is 339 g/mol. The minimum absolute atomic E-state index is 0. The Hall–Kier alpha value is -0.730. The van der Waals surface area contributed by atoms with Crippen LogP contribution in [0.25, 0.3) is 0 Å². The van der Waals surface area contributed by atoms with Crippen molar-refractivity contribution in [3.63, 3.8) is 0 Å². The van der Waals surface area contributed by atoms with Gasteiger partial charge in [-0.1, -0.05) is 51.5 Å². The Morgan fingerprint density at radius 3 is 2.52 bits per heavy atom. The van der Waals surface area contributed by atoms with Gasteiger partial charge < -0.3 is 10.1 Å². The van der Waals surface area contributed by atoms with Crippen LogP contribution >= 0.6 is 12.4 Å². The molecule has 0 radical (unpaired) electrons. The van der Waals surface area contributed by atoms with Gasteiger partial charge in [-0.15, -0.1) is 12.4 Å². The molecule has 2 nitrogen and oxygen atoms in total. The maximum Gasteiger partial charge on any atom is 0.119 e. The van der Waals surface area contributed by atoms with Crippen LogP contribution in [0.3, 0.4) is 0 Å². The van der Waals surface area contributed by atoms with Gasteiger partial charge >= 0.3 is 0 Å². The van der Waals surface area contributed by atoms with Crippen LogP contribution in [-0.2, 0) is 12.8 Å². The Kier molecular flexibility index (Phi) is 10.4. The summed E-state index contributed by atoms with van der Waals surface area (Å²) in [6, 6.07) is 7.22. The maximum absolute atomic E-state index is 5.32. The van der Waals surface area contributed by atoms with Gasteiger partial charge in [0.25, 0.3) is 0 Å². The molecule has 3 heteroatoms. The molecule has 0 spiro atoms. The minimum atomic E-state index is 0. The summed E-state index contributed by atoms with van der Waals surface area (Å²) in [5.41, 5.74) is 2.98. The first-order valence-corrected chi connectivity index (χ1v) is 9.22. The number of fused-ring (bicyclic) bond motifs is 1. The number of hydrogen-bond acceptors (Lipinski definition) is 2. The van der Waals surface area contributed by atoms with E-state index in [0.717, 1.165) is 5.75 Å². The smallest absolute Gasteiger partial charge is 0.119 e. The lowest BCUT2D eigenvalue weighted by atomic mass is 9.88. The molecule has 1 aliphatic carbocycles. The summed E-state index contributed by atoms with van der Waals surface area (Å²) in [4.78, 5) is 0. The summed E-state index contributed by atoms with van der Waals surface area (Å²) in [5, 5.41) is 3.76. The zero-order chi connectivity index (χ0) is 15.6. The van der Waals surface area contributed by atoms with Crippen molar-refractivity contribution in [2.75, 3.05) is 13.7 Å². The third kappa shape index (κ3) is 7.14. The highest BCUT2D eigenvalue weighted by molar-refractivity contribution is 5.85. The Bertz CT molecular complexity index is 436. The van der Waals surface area contributed by atoms with E-state index in [1.54, 1.807) is 7.11 Å². The second-order valence-corrected chi connectivity index (χ2v) is 6.65. The van der Waals surface area contributed by atoms with Crippen molar-refractivity contribution in [2.24, 2.45) is 0 Å². The first kappa shape index (κ1) is 20.3. The summed E-state index contributed by atoms with van der Waals surface area (Å²) >= 11 is 0. The Labute approximate surface area is 148 Å². The SMILES string of the molecule is CCCCCCCCCNC1CCc2cc(OC)ccc2C1.Cl. The molecular weight excluding hydrogens is 306 g/mol. The standard InChI is InChI=1S/C20H33NO.ClH/c1-3-4-5-6-7-8-9-14-21-19-12-10-18-16-20(22-2)13-11-17(18)15-19;/h11,13,16,19,21H,3-10,12,14-15H2,1-2H3;1H. The molecule has 0 aromatic heterocycles. The van der Waals surface area contributed by atoms with Crippen LogP contribution in [0, 0.1) is 0 Å². The predicted molar refractivity (Wildman–Crippen MR) is 102 cm³/mol. The molecule has 1 aromatic carbocycles. The predicted octanol–water partition coefficient (Wildman–Crippen LogP) is 5.31. The quantitative estimate of drug-likeness (QED) is 0.583. The summed E-state index contributed by atoms with van der Waals surface area (Å²) in [6.07, 6.45) is 13.3. The topological polar surface area (TPSA) is 21.3 Å². The van der Waals surface area contributed by atoms with Crippen LogP contribution in [0.2, 0.25) is 0 Å². The van der Waals surface area contributed by atoms with Gasteiger partial charge in [-0.05, 0) is 55.5 Å². The average Bonchev–Trinajstić information content (AvgIpc) is 2.56. The molecule has 1 N–H and O–H groups in total. The van der Waals surface area contributed by atoms with Crippen LogP contribution < -0.4 is 10.1 Å². The lowest BCUT2D eigenvalue weighted by Crippen LogP contribution is -2.35. The first-order valence-electron chi connectivity index (χ1n) is 9.22. The van der Waals surface area contributed by atoms with Crippen molar-refractivity contribution in [3.8, 4) is 5.75 Å². The van der Waals surface area contributed by atoms with Gasteiger partial charge in [-0.2, -0.15) is 0 Å². The maximum atomic E-state index is 5.32. The van der Waals surface area contributed by atoms with Crippen molar-refractivity contribution >= 4 is 12.4 Å². The van der Waals surface area contributed by atoms with E-state index in [-0.39, 0.29) is 12.4 Å². The van der Waals surface area contributed by atoms with Crippen molar-refractivity contribution in [2.45, 2.75) is 77.2 Å².